The van der Waals surface area contributed by atoms with Crippen LogP contribution >= 0.6 is 0 Å². The summed E-state index contributed by atoms with van der Waals surface area (Å²) < 4.78 is 0. The fourth-order valence-corrected chi connectivity index (χ4v) is 3.21. The van der Waals surface area contributed by atoms with Gasteiger partial charge < -0.3 is 15.5 Å². The Balaban J connectivity index is 1.71. The zero-order chi connectivity index (χ0) is 14.9. The number of likely N-dealkylation sites (tertiary alicyclic amines) is 1. The summed E-state index contributed by atoms with van der Waals surface area (Å²) in [5, 5.41) is 6.85. The fraction of sp³-hybridized carbons (Fsp3) is 0.824. The monoisotopic (exact) mass is 292 g/mol. The van der Waals surface area contributed by atoms with E-state index in [4.69, 9.17) is 4.99 Å². The van der Waals surface area contributed by atoms with Crippen molar-refractivity contribution in [2.45, 2.75) is 45.4 Å². The molecule has 0 radical (unpaired) electrons. The highest BCUT2D eigenvalue weighted by Gasteiger charge is 2.18. The summed E-state index contributed by atoms with van der Waals surface area (Å²) in [4.78, 5) is 7.16. The summed E-state index contributed by atoms with van der Waals surface area (Å²) in [6.07, 6.45) is 10.2. The Hall–Kier alpha value is -1.03. The topological polar surface area (TPSA) is 39.7 Å². The minimum Gasteiger partial charge on any atom is -0.357 e. The Morgan fingerprint density at radius 1 is 1.38 bits per heavy atom. The molecule has 1 aliphatic heterocycles. The largest absolute Gasteiger partial charge is 0.357 e. The highest BCUT2D eigenvalue weighted by atomic mass is 15.2. The number of allylic oxidation sites excluding steroid dienone is 1. The van der Waals surface area contributed by atoms with Crippen molar-refractivity contribution in [3.63, 3.8) is 0 Å². The van der Waals surface area contributed by atoms with Crippen molar-refractivity contribution >= 4 is 5.96 Å². The van der Waals surface area contributed by atoms with Crippen molar-refractivity contribution in [3.05, 3.63) is 11.6 Å². The van der Waals surface area contributed by atoms with Crippen LogP contribution in [0, 0.1) is 5.92 Å². The molecule has 2 aliphatic rings. The van der Waals surface area contributed by atoms with E-state index in [1.807, 2.05) is 0 Å². The van der Waals surface area contributed by atoms with Gasteiger partial charge in [0, 0.05) is 26.2 Å². The predicted molar refractivity (Wildman–Crippen MR) is 90.8 cm³/mol. The molecular formula is C17H32N4. The van der Waals surface area contributed by atoms with Gasteiger partial charge in [0.15, 0.2) is 5.96 Å². The van der Waals surface area contributed by atoms with Crippen molar-refractivity contribution in [2.24, 2.45) is 10.9 Å². The van der Waals surface area contributed by atoms with Crippen LogP contribution in [0.1, 0.15) is 45.4 Å². The lowest BCUT2D eigenvalue weighted by atomic mass is 9.97. The molecular weight excluding hydrogens is 260 g/mol. The zero-order valence-corrected chi connectivity index (χ0v) is 13.8. The summed E-state index contributed by atoms with van der Waals surface area (Å²) in [5.74, 6) is 1.72. The van der Waals surface area contributed by atoms with Gasteiger partial charge in [0.1, 0.15) is 0 Å². The van der Waals surface area contributed by atoms with E-state index in [2.05, 4.69) is 35.6 Å². The number of nitrogens with zero attached hydrogens (tertiary/aromatic N) is 2. The van der Waals surface area contributed by atoms with Crippen molar-refractivity contribution in [3.8, 4) is 0 Å². The minimum atomic E-state index is 0.728. The van der Waals surface area contributed by atoms with E-state index in [0.29, 0.717) is 0 Å². The SMILES string of the molecule is CCNC(=NCC1CCN(C)C1)NCCC1=CCCCC1. The molecule has 2 N–H and O–H groups in total. The van der Waals surface area contributed by atoms with E-state index in [1.165, 1.54) is 45.2 Å². The standard InChI is InChI=1S/C17H32N4/c1-3-18-17(20-13-16-10-12-21(2)14-16)19-11-9-15-7-5-4-6-8-15/h7,16H,3-6,8-14H2,1-2H3,(H2,18,19,20). The van der Waals surface area contributed by atoms with Gasteiger partial charge in [-0.05, 0) is 65.0 Å². The molecule has 120 valence electrons. The van der Waals surface area contributed by atoms with E-state index in [-0.39, 0.29) is 0 Å². The van der Waals surface area contributed by atoms with E-state index >= 15 is 0 Å². The molecule has 4 heteroatoms. The molecule has 1 atom stereocenters. The molecule has 1 heterocycles. The third-order valence-electron chi connectivity index (χ3n) is 4.46. The van der Waals surface area contributed by atoms with Gasteiger partial charge in [-0.1, -0.05) is 11.6 Å². The maximum Gasteiger partial charge on any atom is 0.191 e. The van der Waals surface area contributed by atoms with Crippen molar-refractivity contribution < 1.29 is 0 Å². The lowest BCUT2D eigenvalue weighted by Crippen LogP contribution is -2.38. The van der Waals surface area contributed by atoms with Gasteiger partial charge in [-0.3, -0.25) is 4.99 Å². The smallest absolute Gasteiger partial charge is 0.191 e. The Bertz CT molecular complexity index is 362. The van der Waals surface area contributed by atoms with Crippen LogP contribution in [0.4, 0.5) is 0 Å². The van der Waals surface area contributed by atoms with Crippen LogP contribution in [-0.2, 0) is 0 Å². The van der Waals surface area contributed by atoms with E-state index < -0.39 is 0 Å². The van der Waals surface area contributed by atoms with Crippen molar-refractivity contribution in [2.75, 3.05) is 39.8 Å². The third-order valence-corrected chi connectivity index (χ3v) is 4.46. The zero-order valence-electron chi connectivity index (χ0n) is 13.8. The number of aliphatic imine (C=N–C) groups is 1. The Morgan fingerprint density at radius 2 is 2.29 bits per heavy atom. The average molecular weight is 292 g/mol. The van der Waals surface area contributed by atoms with Gasteiger partial charge in [-0.2, -0.15) is 0 Å². The molecule has 0 spiro atoms. The van der Waals surface area contributed by atoms with Gasteiger partial charge >= 0.3 is 0 Å². The molecule has 2 rings (SSSR count). The van der Waals surface area contributed by atoms with Crippen molar-refractivity contribution in [1.29, 1.82) is 0 Å². The van der Waals surface area contributed by atoms with Crippen LogP contribution in [-0.4, -0.2) is 50.6 Å². The molecule has 1 saturated heterocycles. The fourth-order valence-electron chi connectivity index (χ4n) is 3.21. The van der Waals surface area contributed by atoms with E-state index in [0.717, 1.165) is 37.9 Å². The van der Waals surface area contributed by atoms with E-state index in [9.17, 15) is 0 Å². The molecule has 21 heavy (non-hydrogen) atoms. The first-order valence-corrected chi connectivity index (χ1v) is 8.66. The third kappa shape index (κ3) is 6.08. The lowest BCUT2D eigenvalue weighted by Gasteiger charge is -2.15. The average Bonchev–Trinajstić information content (AvgIpc) is 2.91. The molecule has 0 aromatic heterocycles. The summed E-state index contributed by atoms with van der Waals surface area (Å²) >= 11 is 0. The van der Waals surface area contributed by atoms with Crippen LogP contribution in [0.3, 0.4) is 0 Å². The molecule has 0 aromatic carbocycles. The first-order chi connectivity index (χ1) is 10.3. The summed E-state index contributed by atoms with van der Waals surface area (Å²) in [5.41, 5.74) is 1.63. The van der Waals surface area contributed by atoms with Crippen molar-refractivity contribution in [1.82, 2.24) is 15.5 Å². The van der Waals surface area contributed by atoms with Gasteiger partial charge in [0.25, 0.3) is 0 Å². The van der Waals surface area contributed by atoms with Crippen LogP contribution < -0.4 is 10.6 Å². The maximum absolute atomic E-state index is 4.76. The second-order valence-electron chi connectivity index (χ2n) is 6.42. The van der Waals surface area contributed by atoms with Gasteiger partial charge in [0.2, 0.25) is 0 Å². The summed E-state index contributed by atoms with van der Waals surface area (Å²) in [7, 11) is 2.20. The number of hydrogen-bond acceptors (Lipinski definition) is 2. The van der Waals surface area contributed by atoms with Gasteiger partial charge in [0.05, 0.1) is 0 Å². The Morgan fingerprint density at radius 3 is 2.95 bits per heavy atom. The van der Waals surface area contributed by atoms with Crippen LogP contribution in [0.2, 0.25) is 0 Å². The molecule has 0 aromatic rings. The Labute approximate surface area is 130 Å². The molecule has 0 amide bonds. The second-order valence-corrected chi connectivity index (χ2v) is 6.42. The van der Waals surface area contributed by atoms with Crippen LogP contribution in [0.25, 0.3) is 0 Å². The molecule has 1 unspecified atom stereocenters. The first kappa shape index (κ1) is 16.3. The summed E-state index contributed by atoms with van der Waals surface area (Å²) in [6, 6.07) is 0. The molecule has 4 nitrogen and oxygen atoms in total. The van der Waals surface area contributed by atoms with Crippen LogP contribution in [0.5, 0.6) is 0 Å². The molecule has 0 bridgehead atoms. The first-order valence-electron chi connectivity index (χ1n) is 8.66. The van der Waals surface area contributed by atoms with Gasteiger partial charge in [-0.15, -0.1) is 0 Å². The minimum absolute atomic E-state index is 0.728. The normalized spacial score (nSPS) is 24.0. The highest BCUT2D eigenvalue weighted by molar-refractivity contribution is 5.79. The molecule has 1 aliphatic carbocycles. The highest BCUT2D eigenvalue weighted by Crippen LogP contribution is 2.19. The predicted octanol–water partition coefficient (Wildman–Crippen LogP) is 2.38. The number of rotatable bonds is 6. The number of guanidine groups is 1. The summed E-state index contributed by atoms with van der Waals surface area (Å²) in [6.45, 7) is 7.42. The van der Waals surface area contributed by atoms with Crippen LogP contribution in [0.15, 0.2) is 16.6 Å². The number of nitrogens with one attached hydrogen (secondary N) is 2. The lowest BCUT2D eigenvalue weighted by molar-refractivity contribution is 0.397. The quantitative estimate of drug-likeness (QED) is 0.448. The molecule has 1 fully saturated rings. The molecule has 0 saturated carbocycles. The second kappa shape index (κ2) is 9.08. The van der Waals surface area contributed by atoms with Gasteiger partial charge in [-0.25, -0.2) is 0 Å². The Kier molecular flexibility index (Phi) is 7.07. The van der Waals surface area contributed by atoms with E-state index in [1.54, 1.807) is 5.57 Å². The maximum atomic E-state index is 4.76. The number of hydrogen-bond donors (Lipinski definition) is 2.